The minimum Gasteiger partial charge on any atom is -0.343 e. The van der Waals surface area contributed by atoms with Crippen LogP contribution in [0.5, 0.6) is 0 Å². The zero-order valence-corrected chi connectivity index (χ0v) is 13.9. The highest BCUT2D eigenvalue weighted by Gasteiger charge is 2.53. The van der Waals surface area contributed by atoms with Gasteiger partial charge in [0.1, 0.15) is 12.1 Å². The van der Waals surface area contributed by atoms with Gasteiger partial charge in [0.2, 0.25) is 11.8 Å². The topological polar surface area (TPSA) is 83.6 Å². The summed E-state index contributed by atoms with van der Waals surface area (Å²) in [6.45, 7) is 7.38. The van der Waals surface area contributed by atoms with Crippen molar-refractivity contribution in [2.45, 2.75) is 58.2 Å². The molecular formula is C14H24N2O4S. The second-order valence-electron chi connectivity index (χ2n) is 6.71. The van der Waals surface area contributed by atoms with Crippen LogP contribution in [0.2, 0.25) is 0 Å². The number of nitrogens with zero attached hydrogens (tertiary/aromatic N) is 1. The average molecular weight is 316 g/mol. The van der Waals surface area contributed by atoms with Gasteiger partial charge in [-0.25, -0.2) is 8.42 Å². The highest BCUT2D eigenvalue weighted by Crippen LogP contribution is 2.35. The quantitative estimate of drug-likeness (QED) is 0.813. The molecule has 7 heteroatoms. The molecule has 2 heterocycles. The van der Waals surface area contributed by atoms with Crippen molar-refractivity contribution in [3.8, 4) is 0 Å². The van der Waals surface area contributed by atoms with Crippen LogP contribution in [0, 0.1) is 5.92 Å². The molecular weight excluding hydrogens is 292 g/mol. The van der Waals surface area contributed by atoms with Crippen molar-refractivity contribution in [1.29, 1.82) is 0 Å². The molecule has 0 bridgehead atoms. The molecule has 2 amide bonds. The number of carbonyl (C=O) groups excluding carboxylic acids is 2. The van der Waals surface area contributed by atoms with E-state index in [-0.39, 0.29) is 29.2 Å². The molecule has 2 fully saturated rings. The Bertz CT molecular complexity index is 557. The van der Waals surface area contributed by atoms with E-state index < -0.39 is 27.5 Å². The molecule has 0 aliphatic carbocycles. The van der Waals surface area contributed by atoms with Crippen LogP contribution in [0.1, 0.15) is 40.5 Å². The van der Waals surface area contributed by atoms with E-state index in [1.165, 1.54) is 0 Å². The van der Waals surface area contributed by atoms with Gasteiger partial charge in [-0.05, 0) is 25.7 Å². The lowest BCUT2D eigenvalue weighted by Gasteiger charge is -2.48. The van der Waals surface area contributed by atoms with Crippen LogP contribution < -0.4 is 5.32 Å². The fraction of sp³-hybridized carbons (Fsp3) is 0.857. The Balaban J connectivity index is 2.44. The normalized spacial score (nSPS) is 36.1. The van der Waals surface area contributed by atoms with E-state index in [9.17, 15) is 18.0 Å². The summed E-state index contributed by atoms with van der Waals surface area (Å²) in [7, 11) is -3.14. The summed E-state index contributed by atoms with van der Waals surface area (Å²) in [6, 6.07) is -1.15. The Hall–Kier alpha value is -1.11. The molecule has 2 rings (SSSR count). The summed E-state index contributed by atoms with van der Waals surface area (Å²) in [6.07, 6.45) is 0.905. The number of hydrogen-bond donors (Lipinski definition) is 1. The van der Waals surface area contributed by atoms with Crippen molar-refractivity contribution >= 4 is 21.7 Å². The first-order valence-electron chi connectivity index (χ1n) is 7.45. The predicted octanol–water partition coefficient (Wildman–Crippen LogP) is 0.325. The lowest BCUT2D eigenvalue weighted by atomic mass is 9.88. The van der Waals surface area contributed by atoms with E-state index in [0.29, 0.717) is 12.8 Å². The van der Waals surface area contributed by atoms with Crippen LogP contribution in [0.4, 0.5) is 0 Å². The molecule has 0 saturated carbocycles. The van der Waals surface area contributed by atoms with Gasteiger partial charge in [0, 0.05) is 0 Å². The van der Waals surface area contributed by atoms with Crippen LogP contribution in [0.25, 0.3) is 0 Å². The third-order valence-electron chi connectivity index (χ3n) is 4.50. The minimum atomic E-state index is -3.14. The number of piperazine rings is 1. The first kappa shape index (κ1) is 16.3. The molecule has 21 heavy (non-hydrogen) atoms. The summed E-state index contributed by atoms with van der Waals surface area (Å²) in [5.41, 5.74) is -0.782. The second-order valence-corrected chi connectivity index (χ2v) is 8.89. The monoisotopic (exact) mass is 316 g/mol. The molecule has 1 N–H and O–H groups in total. The molecule has 3 atom stereocenters. The van der Waals surface area contributed by atoms with Crippen molar-refractivity contribution in [1.82, 2.24) is 10.2 Å². The van der Waals surface area contributed by atoms with Crippen molar-refractivity contribution in [2.75, 3.05) is 11.5 Å². The lowest BCUT2D eigenvalue weighted by molar-refractivity contribution is -0.157. The molecule has 2 aliphatic rings. The largest absolute Gasteiger partial charge is 0.343 e. The molecule has 6 nitrogen and oxygen atoms in total. The number of sulfone groups is 1. The van der Waals surface area contributed by atoms with Crippen LogP contribution in [-0.2, 0) is 19.4 Å². The molecule has 0 aromatic rings. The van der Waals surface area contributed by atoms with Gasteiger partial charge in [0.15, 0.2) is 9.84 Å². The summed E-state index contributed by atoms with van der Waals surface area (Å²) >= 11 is 0. The van der Waals surface area contributed by atoms with E-state index in [2.05, 4.69) is 5.32 Å². The van der Waals surface area contributed by atoms with E-state index in [4.69, 9.17) is 0 Å². The smallest absolute Gasteiger partial charge is 0.246 e. The second kappa shape index (κ2) is 5.26. The summed E-state index contributed by atoms with van der Waals surface area (Å²) in [5.74, 6) is -0.376. The average Bonchev–Trinajstić information content (AvgIpc) is 2.65. The number of nitrogens with one attached hydrogen (secondary N) is 1. The molecule has 3 unspecified atom stereocenters. The highest BCUT2D eigenvalue weighted by molar-refractivity contribution is 7.91. The van der Waals surface area contributed by atoms with Crippen molar-refractivity contribution in [2.24, 2.45) is 5.92 Å². The van der Waals surface area contributed by atoms with E-state index in [1.807, 2.05) is 20.8 Å². The van der Waals surface area contributed by atoms with Crippen LogP contribution in [0.15, 0.2) is 0 Å². The number of amides is 2. The van der Waals surface area contributed by atoms with Gasteiger partial charge >= 0.3 is 0 Å². The Morgan fingerprint density at radius 2 is 2.00 bits per heavy atom. The molecule has 0 aromatic carbocycles. The zero-order chi connectivity index (χ0) is 16.0. The Morgan fingerprint density at radius 3 is 2.43 bits per heavy atom. The van der Waals surface area contributed by atoms with E-state index >= 15 is 0 Å². The number of carbonyl (C=O) groups is 2. The molecule has 120 valence electrons. The van der Waals surface area contributed by atoms with Crippen LogP contribution in [-0.4, -0.2) is 54.3 Å². The van der Waals surface area contributed by atoms with Gasteiger partial charge in [-0.15, -0.1) is 0 Å². The molecule has 0 radical (unpaired) electrons. The van der Waals surface area contributed by atoms with Gasteiger partial charge in [-0.3, -0.25) is 9.59 Å². The maximum absolute atomic E-state index is 12.7. The maximum atomic E-state index is 12.7. The van der Waals surface area contributed by atoms with Crippen molar-refractivity contribution < 1.29 is 18.0 Å². The summed E-state index contributed by atoms with van der Waals surface area (Å²) in [5, 5.41) is 2.76. The lowest BCUT2D eigenvalue weighted by Crippen LogP contribution is -2.70. The van der Waals surface area contributed by atoms with Crippen LogP contribution in [0.3, 0.4) is 0 Å². The predicted molar refractivity (Wildman–Crippen MR) is 79.4 cm³/mol. The SMILES string of the molecule is CCC1NC(=O)C(C(C)C)N(C2(C)CCS(=O)(=O)C2)C1=O. The van der Waals surface area contributed by atoms with Gasteiger partial charge < -0.3 is 10.2 Å². The first-order valence-corrected chi connectivity index (χ1v) is 9.27. The third-order valence-corrected chi connectivity index (χ3v) is 6.39. The van der Waals surface area contributed by atoms with Crippen LogP contribution >= 0.6 is 0 Å². The Morgan fingerprint density at radius 1 is 1.38 bits per heavy atom. The van der Waals surface area contributed by atoms with Gasteiger partial charge in [0.25, 0.3) is 0 Å². The number of hydrogen-bond acceptors (Lipinski definition) is 4. The van der Waals surface area contributed by atoms with Crippen molar-refractivity contribution in [3.63, 3.8) is 0 Å². The van der Waals surface area contributed by atoms with Gasteiger partial charge in [-0.1, -0.05) is 20.8 Å². The first-order chi connectivity index (χ1) is 9.61. The van der Waals surface area contributed by atoms with E-state index in [1.54, 1.807) is 11.8 Å². The fourth-order valence-electron chi connectivity index (χ4n) is 3.40. The van der Waals surface area contributed by atoms with Crippen molar-refractivity contribution in [3.05, 3.63) is 0 Å². The highest BCUT2D eigenvalue weighted by atomic mass is 32.2. The Labute approximate surface area is 126 Å². The fourth-order valence-corrected chi connectivity index (χ4v) is 5.53. The zero-order valence-electron chi connectivity index (χ0n) is 13.0. The standard InChI is InChI=1S/C14H24N2O4S/c1-5-10-13(18)16(11(9(2)3)12(17)15-10)14(4)6-7-21(19,20)8-14/h9-11H,5-8H2,1-4H3,(H,15,17). The van der Waals surface area contributed by atoms with E-state index in [0.717, 1.165) is 0 Å². The Kier molecular flexibility index (Phi) is 4.08. The molecule has 2 saturated heterocycles. The summed E-state index contributed by atoms with van der Waals surface area (Å²) in [4.78, 5) is 26.7. The molecule has 0 aromatic heterocycles. The summed E-state index contributed by atoms with van der Waals surface area (Å²) < 4.78 is 23.7. The number of rotatable bonds is 3. The van der Waals surface area contributed by atoms with Gasteiger partial charge in [-0.2, -0.15) is 0 Å². The molecule has 0 spiro atoms. The van der Waals surface area contributed by atoms with Gasteiger partial charge in [0.05, 0.1) is 17.0 Å². The maximum Gasteiger partial charge on any atom is 0.246 e. The third kappa shape index (κ3) is 2.80. The minimum absolute atomic E-state index is 0.0569. The molecule has 2 aliphatic heterocycles.